The molecule has 1 heterocycles. The van der Waals surface area contributed by atoms with Crippen molar-refractivity contribution in [1.29, 1.82) is 5.26 Å². The first-order chi connectivity index (χ1) is 6.43. The van der Waals surface area contributed by atoms with E-state index in [4.69, 9.17) is 5.26 Å². The summed E-state index contributed by atoms with van der Waals surface area (Å²) in [4.78, 5) is 0. The smallest absolute Gasteiger partial charge is 0.271 e. The number of halogens is 3. The molecule has 0 saturated heterocycles. The summed E-state index contributed by atoms with van der Waals surface area (Å²) in [6.45, 7) is 1.22. The summed E-state index contributed by atoms with van der Waals surface area (Å²) in [5.41, 5.74) is 0.629. The molecule has 76 valence electrons. The van der Waals surface area contributed by atoms with Crippen LogP contribution in [0.3, 0.4) is 0 Å². The van der Waals surface area contributed by atoms with E-state index < -0.39 is 18.6 Å². The summed E-state index contributed by atoms with van der Waals surface area (Å²) in [7, 11) is 0. The zero-order chi connectivity index (χ0) is 10.8. The lowest BCUT2D eigenvalue weighted by atomic mass is 10.1. The third-order valence-corrected chi connectivity index (χ3v) is 1.69. The maximum absolute atomic E-state index is 12.1. The molecule has 3 nitrogen and oxygen atoms in total. The van der Waals surface area contributed by atoms with E-state index in [0.29, 0.717) is 5.69 Å². The van der Waals surface area contributed by atoms with E-state index in [0.717, 1.165) is 4.68 Å². The fourth-order valence-electron chi connectivity index (χ4n) is 0.969. The molecule has 0 aliphatic carbocycles. The van der Waals surface area contributed by atoms with Crippen LogP contribution in [-0.4, -0.2) is 16.0 Å². The fourth-order valence-corrected chi connectivity index (χ4v) is 0.969. The van der Waals surface area contributed by atoms with Gasteiger partial charge in [0.15, 0.2) is 5.92 Å². The summed E-state index contributed by atoms with van der Waals surface area (Å²) in [5, 5.41) is 12.1. The second kappa shape index (κ2) is 3.70. The van der Waals surface area contributed by atoms with Crippen LogP contribution in [0.5, 0.6) is 0 Å². The molecule has 0 radical (unpaired) electrons. The second-order valence-corrected chi connectivity index (χ2v) is 2.90. The van der Waals surface area contributed by atoms with Crippen molar-refractivity contribution in [3.8, 4) is 6.07 Å². The van der Waals surface area contributed by atoms with E-state index in [9.17, 15) is 13.2 Å². The van der Waals surface area contributed by atoms with Gasteiger partial charge in [-0.05, 0) is 13.0 Å². The minimum atomic E-state index is -4.49. The first-order valence-electron chi connectivity index (χ1n) is 3.90. The number of rotatable bonds is 2. The molecule has 14 heavy (non-hydrogen) atoms. The van der Waals surface area contributed by atoms with Gasteiger partial charge >= 0.3 is 6.18 Å². The Morgan fingerprint density at radius 2 is 2.29 bits per heavy atom. The lowest BCUT2D eigenvalue weighted by molar-refractivity contribution is -0.162. The van der Waals surface area contributed by atoms with Crippen molar-refractivity contribution in [3.63, 3.8) is 0 Å². The Hall–Kier alpha value is -1.51. The topological polar surface area (TPSA) is 41.6 Å². The van der Waals surface area contributed by atoms with Gasteiger partial charge < -0.3 is 0 Å². The molecule has 1 atom stereocenters. The van der Waals surface area contributed by atoms with Gasteiger partial charge in [-0.3, -0.25) is 4.68 Å². The molecule has 0 N–H and O–H groups in total. The molecular weight excluding hydrogens is 195 g/mol. The minimum Gasteiger partial charge on any atom is -0.271 e. The van der Waals surface area contributed by atoms with Crippen molar-refractivity contribution in [2.75, 3.05) is 0 Å². The SMILES string of the molecule is Cc1ccn(CC(C#N)C(F)(F)F)n1. The van der Waals surface area contributed by atoms with Crippen LogP contribution in [-0.2, 0) is 6.54 Å². The third kappa shape index (κ3) is 2.49. The van der Waals surface area contributed by atoms with Gasteiger partial charge in [-0.25, -0.2) is 0 Å². The van der Waals surface area contributed by atoms with Gasteiger partial charge in [-0.1, -0.05) is 0 Å². The Labute approximate surface area is 78.8 Å². The molecule has 0 aliphatic rings. The lowest BCUT2D eigenvalue weighted by Gasteiger charge is -2.12. The zero-order valence-corrected chi connectivity index (χ0v) is 7.41. The minimum absolute atomic E-state index is 0.451. The Morgan fingerprint density at radius 3 is 2.64 bits per heavy atom. The van der Waals surface area contributed by atoms with Gasteiger partial charge in [0.25, 0.3) is 0 Å². The predicted octanol–water partition coefficient (Wildman–Crippen LogP) is 1.89. The van der Waals surface area contributed by atoms with Crippen molar-refractivity contribution in [2.24, 2.45) is 5.92 Å². The highest BCUT2D eigenvalue weighted by Crippen LogP contribution is 2.26. The van der Waals surface area contributed by atoms with E-state index in [1.54, 1.807) is 13.0 Å². The number of aryl methyl sites for hydroxylation is 1. The van der Waals surface area contributed by atoms with Crippen molar-refractivity contribution in [2.45, 2.75) is 19.6 Å². The van der Waals surface area contributed by atoms with Crippen molar-refractivity contribution < 1.29 is 13.2 Å². The largest absolute Gasteiger partial charge is 0.406 e. The molecule has 0 aliphatic heterocycles. The average Bonchev–Trinajstić information content (AvgIpc) is 2.45. The number of alkyl halides is 3. The van der Waals surface area contributed by atoms with E-state index >= 15 is 0 Å². The molecule has 0 bridgehead atoms. The highest BCUT2D eigenvalue weighted by Gasteiger charge is 2.40. The Balaban J connectivity index is 2.73. The third-order valence-electron chi connectivity index (χ3n) is 1.69. The van der Waals surface area contributed by atoms with Gasteiger partial charge in [0.1, 0.15) is 0 Å². The molecule has 0 aromatic carbocycles. The lowest BCUT2D eigenvalue weighted by Crippen LogP contribution is -2.26. The highest BCUT2D eigenvalue weighted by molar-refractivity contribution is 4.96. The molecule has 0 saturated carbocycles. The summed E-state index contributed by atoms with van der Waals surface area (Å²) in [5.74, 6) is -2.00. The van der Waals surface area contributed by atoms with Crippen LogP contribution in [0.2, 0.25) is 0 Å². The number of hydrogen-bond acceptors (Lipinski definition) is 2. The van der Waals surface area contributed by atoms with Crippen LogP contribution in [0.1, 0.15) is 5.69 Å². The number of nitrogens with zero attached hydrogens (tertiary/aromatic N) is 3. The van der Waals surface area contributed by atoms with Crippen LogP contribution in [0.25, 0.3) is 0 Å². The first-order valence-corrected chi connectivity index (χ1v) is 3.90. The zero-order valence-electron chi connectivity index (χ0n) is 7.41. The van der Waals surface area contributed by atoms with Crippen LogP contribution in [0.15, 0.2) is 12.3 Å². The van der Waals surface area contributed by atoms with Gasteiger partial charge in [0.2, 0.25) is 0 Å². The van der Waals surface area contributed by atoms with Gasteiger partial charge in [-0.15, -0.1) is 0 Å². The first kappa shape index (κ1) is 10.6. The molecule has 1 aromatic heterocycles. The maximum Gasteiger partial charge on any atom is 0.406 e. The van der Waals surface area contributed by atoms with Gasteiger partial charge in [0, 0.05) is 6.20 Å². The Kier molecular flexibility index (Phi) is 2.79. The molecule has 6 heteroatoms. The molecule has 0 spiro atoms. The van der Waals surface area contributed by atoms with E-state index in [-0.39, 0.29) is 0 Å². The average molecular weight is 203 g/mol. The quantitative estimate of drug-likeness (QED) is 0.736. The number of nitriles is 1. The summed E-state index contributed by atoms with van der Waals surface area (Å²) >= 11 is 0. The number of hydrogen-bond donors (Lipinski definition) is 0. The molecule has 1 aromatic rings. The maximum atomic E-state index is 12.1. The molecule has 0 amide bonds. The van der Waals surface area contributed by atoms with E-state index in [2.05, 4.69) is 5.10 Å². The van der Waals surface area contributed by atoms with Gasteiger partial charge in [0.05, 0.1) is 18.3 Å². The summed E-state index contributed by atoms with van der Waals surface area (Å²) in [6, 6.07) is 2.80. The Morgan fingerprint density at radius 1 is 1.64 bits per heavy atom. The van der Waals surface area contributed by atoms with Gasteiger partial charge in [-0.2, -0.15) is 23.5 Å². The summed E-state index contributed by atoms with van der Waals surface area (Å²) < 4.78 is 37.6. The molecule has 1 unspecified atom stereocenters. The summed E-state index contributed by atoms with van der Waals surface area (Å²) in [6.07, 6.45) is -3.07. The molecular formula is C8H8F3N3. The van der Waals surface area contributed by atoms with Crippen LogP contribution in [0, 0.1) is 24.2 Å². The van der Waals surface area contributed by atoms with Crippen molar-refractivity contribution in [3.05, 3.63) is 18.0 Å². The second-order valence-electron chi connectivity index (χ2n) is 2.90. The monoisotopic (exact) mass is 203 g/mol. The van der Waals surface area contributed by atoms with Crippen molar-refractivity contribution >= 4 is 0 Å². The van der Waals surface area contributed by atoms with Crippen LogP contribution < -0.4 is 0 Å². The fraction of sp³-hybridized carbons (Fsp3) is 0.500. The highest BCUT2D eigenvalue weighted by atomic mass is 19.4. The normalized spacial score (nSPS) is 13.6. The number of aromatic nitrogens is 2. The van der Waals surface area contributed by atoms with E-state index in [1.165, 1.54) is 12.3 Å². The van der Waals surface area contributed by atoms with E-state index in [1.807, 2.05) is 0 Å². The van der Waals surface area contributed by atoms with Crippen molar-refractivity contribution in [1.82, 2.24) is 9.78 Å². The van der Waals surface area contributed by atoms with Crippen LogP contribution >= 0.6 is 0 Å². The Bertz CT molecular complexity index is 347. The standard InChI is InChI=1S/C8H8F3N3/c1-6-2-3-14(13-6)5-7(4-12)8(9,10)11/h2-3,7H,5H2,1H3. The molecule has 0 fully saturated rings. The van der Waals surface area contributed by atoms with Crippen LogP contribution in [0.4, 0.5) is 13.2 Å². The molecule has 1 rings (SSSR count). The predicted molar refractivity (Wildman–Crippen MR) is 42.1 cm³/mol.